The Morgan fingerprint density at radius 1 is 1.19 bits per heavy atom. The van der Waals surface area contributed by atoms with E-state index in [1.54, 1.807) is 36.4 Å². The van der Waals surface area contributed by atoms with Gasteiger partial charge in [0.05, 0.1) is 10.6 Å². The van der Waals surface area contributed by atoms with Crippen LogP contribution in [-0.2, 0) is 16.4 Å². The molecule has 0 spiro atoms. The van der Waals surface area contributed by atoms with Crippen molar-refractivity contribution in [3.05, 3.63) is 69.4 Å². The SMILES string of the molecule is Cc1nc(-c2cccc(F)c2)sc1CCNS(=O)(=O)c1ccc(Br)cc1. The summed E-state index contributed by atoms with van der Waals surface area (Å²) in [6.07, 6.45) is 0.522. The summed E-state index contributed by atoms with van der Waals surface area (Å²) in [5, 5.41) is 0.729. The van der Waals surface area contributed by atoms with Crippen LogP contribution in [0.3, 0.4) is 0 Å². The van der Waals surface area contributed by atoms with Gasteiger partial charge in [0.1, 0.15) is 10.8 Å². The van der Waals surface area contributed by atoms with Crippen LogP contribution in [0.1, 0.15) is 10.6 Å². The number of thiazole rings is 1. The molecule has 0 atom stereocenters. The molecular weight excluding hydrogens is 439 g/mol. The zero-order valence-electron chi connectivity index (χ0n) is 13.9. The minimum absolute atomic E-state index is 0.224. The molecule has 8 heteroatoms. The van der Waals surface area contributed by atoms with Crippen molar-refractivity contribution >= 4 is 37.3 Å². The largest absolute Gasteiger partial charge is 0.241 e. The summed E-state index contributed by atoms with van der Waals surface area (Å²) in [5.74, 6) is -0.306. The van der Waals surface area contributed by atoms with E-state index in [2.05, 4.69) is 25.6 Å². The van der Waals surface area contributed by atoms with Gasteiger partial charge in [-0.2, -0.15) is 0 Å². The number of rotatable bonds is 6. The molecule has 2 aromatic carbocycles. The van der Waals surface area contributed by atoms with Crippen molar-refractivity contribution in [3.8, 4) is 10.6 Å². The number of aryl methyl sites for hydroxylation is 1. The van der Waals surface area contributed by atoms with Crippen LogP contribution in [0.15, 0.2) is 57.9 Å². The monoisotopic (exact) mass is 454 g/mol. The Morgan fingerprint density at radius 2 is 1.92 bits per heavy atom. The number of hydrogen-bond acceptors (Lipinski definition) is 4. The van der Waals surface area contributed by atoms with Crippen LogP contribution in [-0.4, -0.2) is 19.9 Å². The lowest BCUT2D eigenvalue weighted by molar-refractivity contribution is 0.581. The molecular formula is C18H16BrFN2O2S2. The highest BCUT2D eigenvalue weighted by Crippen LogP contribution is 2.28. The first-order chi connectivity index (χ1) is 12.3. The summed E-state index contributed by atoms with van der Waals surface area (Å²) < 4.78 is 41.4. The second-order valence-electron chi connectivity index (χ2n) is 5.64. The molecule has 0 aliphatic carbocycles. The van der Waals surface area contributed by atoms with E-state index in [4.69, 9.17) is 0 Å². The summed E-state index contributed by atoms with van der Waals surface area (Å²) in [5.41, 5.74) is 1.55. The van der Waals surface area contributed by atoms with Gasteiger partial charge < -0.3 is 0 Å². The Bertz CT molecular complexity index is 1020. The molecule has 136 valence electrons. The van der Waals surface area contributed by atoms with E-state index in [0.29, 0.717) is 6.42 Å². The number of benzene rings is 2. The minimum atomic E-state index is -3.55. The van der Waals surface area contributed by atoms with Gasteiger partial charge in [-0.1, -0.05) is 28.1 Å². The first-order valence-corrected chi connectivity index (χ1v) is 10.9. The quantitative estimate of drug-likeness (QED) is 0.594. The van der Waals surface area contributed by atoms with E-state index < -0.39 is 10.0 Å². The van der Waals surface area contributed by atoms with Crippen LogP contribution < -0.4 is 4.72 Å². The Morgan fingerprint density at radius 3 is 2.62 bits per heavy atom. The van der Waals surface area contributed by atoms with Gasteiger partial charge in [0.2, 0.25) is 10.0 Å². The fourth-order valence-corrected chi connectivity index (χ4v) is 4.76. The highest BCUT2D eigenvalue weighted by molar-refractivity contribution is 9.10. The fraction of sp³-hybridized carbons (Fsp3) is 0.167. The number of hydrogen-bond donors (Lipinski definition) is 1. The topological polar surface area (TPSA) is 59.1 Å². The van der Waals surface area contributed by atoms with E-state index in [1.165, 1.54) is 23.5 Å². The third-order valence-corrected chi connectivity index (χ3v) is 7.00. The van der Waals surface area contributed by atoms with E-state index >= 15 is 0 Å². The zero-order chi connectivity index (χ0) is 18.7. The standard InChI is InChI=1S/C18H16BrFN2O2S2/c1-12-17(25-18(22-12)13-3-2-4-15(20)11-13)9-10-21-26(23,24)16-7-5-14(19)6-8-16/h2-8,11,21H,9-10H2,1H3. The predicted molar refractivity (Wildman–Crippen MR) is 105 cm³/mol. The molecule has 0 saturated carbocycles. The van der Waals surface area contributed by atoms with Gasteiger partial charge in [-0.25, -0.2) is 22.5 Å². The lowest BCUT2D eigenvalue weighted by Gasteiger charge is -2.06. The molecule has 3 aromatic rings. The molecule has 0 saturated heterocycles. The van der Waals surface area contributed by atoms with E-state index in [9.17, 15) is 12.8 Å². The highest BCUT2D eigenvalue weighted by atomic mass is 79.9. The van der Waals surface area contributed by atoms with E-state index in [0.717, 1.165) is 25.6 Å². The van der Waals surface area contributed by atoms with Crippen LogP contribution in [0, 0.1) is 12.7 Å². The second-order valence-corrected chi connectivity index (χ2v) is 9.41. The molecule has 4 nitrogen and oxygen atoms in total. The molecule has 0 amide bonds. The molecule has 26 heavy (non-hydrogen) atoms. The van der Waals surface area contributed by atoms with Crippen molar-refractivity contribution in [1.29, 1.82) is 0 Å². The smallest absolute Gasteiger partial charge is 0.240 e. The van der Waals surface area contributed by atoms with Crippen LogP contribution in [0.5, 0.6) is 0 Å². The lowest BCUT2D eigenvalue weighted by atomic mass is 10.2. The van der Waals surface area contributed by atoms with Gasteiger partial charge in [0, 0.05) is 21.5 Å². The van der Waals surface area contributed by atoms with E-state index in [-0.39, 0.29) is 17.3 Å². The molecule has 3 rings (SSSR count). The summed E-state index contributed by atoms with van der Waals surface area (Å²) >= 11 is 4.74. The maximum atomic E-state index is 13.4. The van der Waals surface area contributed by atoms with Crippen molar-refractivity contribution in [2.45, 2.75) is 18.2 Å². The van der Waals surface area contributed by atoms with Crippen LogP contribution in [0.4, 0.5) is 4.39 Å². The van der Waals surface area contributed by atoms with Crippen molar-refractivity contribution in [1.82, 2.24) is 9.71 Å². The molecule has 1 heterocycles. The summed E-state index contributed by atoms with van der Waals surface area (Å²) in [4.78, 5) is 5.67. The Balaban J connectivity index is 1.68. The molecule has 0 bridgehead atoms. The molecule has 0 aliphatic rings. The third-order valence-electron chi connectivity index (χ3n) is 3.73. The van der Waals surface area contributed by atoms with Gasteiger partial charge in [-0.15, -0.1) is 11.3 Å². The summed E-state index contributed by atoms with van der Waals surface area (Å²) in [6, 6.07) is 12.8. The maximum absolute atomic E-state index is 13.4. The number of halogens is 2. The van der Waals surface area contributed by atoms with Gasteiger partial charge >= 0.3 is 0 Å². The second kappa shape index (κ2) is 7.96. The number of aromatic nitrogens is 1. The van der Waals surface area contributed by atoms with Crippen LogP contribution in [0.25, 0.3) is 10.6 Å². The predicted octanol–water partition coefficient (Wildman–Crippen LogP) is 4.54. The van der Waals surface area contributed by atoms with Crippen LogP contribution in [0.2, 0.25) is 0 Å². The van der Waals surface area contributed by atoms with Crippen molar-refractivity contribution in [2.24, 2.45) is 0 Å². The lowest BCUT2D eigenvalue weighted by Crippen LogP contribution is -2.25. The van der Waals surface area contributed by atoms with Gasteiger partial charge in [-0.05, 0) is 49.7 Å². The minimum Gasteiger partial charge on any atom is -0.241 e. The molecule has 1 aromatic heterocycles. The Labute approximate surface area is 164 Å². The molecule has 0 fully saturated rings. The zero-order valence-corrected chi connectivity index (χ0v) is 17.1. The van der Waals surface area contributed by atoms with Crippen molar-refractivity contribution in [3.63, 3.8) is 0 Å². The van der Waals surface area contributed by atoms with E-state index in [1.807, 2.05) is 6.92 Å². The number of nitrogens with zero attached hydrogens (tertiary/aromatic N) is 1. The normalized spacial score (nSPS) is 11.7. The molecule has 0 unspecified atom stereocenters. The third kappa shape index (κ3) is 4.56. The van der Waals surface area contributed by atoms with Gasteiger partial charge in [0.15, 0.2) is 0 Å². The van der Waals surface area contributed by atoms with Crippen LogP contribution >= 0.6 is 27.3 Å². The molecule has 0 aliphatic heterocycles. The van der Waals surface area contributed by atoms with Crippen molar-refractivity contribution < 1.29 is 12.8 Å². The molecule has 1 N–H and O–H groups in total. The average Bonchev–Trinajstić information content (AvgIpc) is 2.96. The average molecular weight is 455 g/mol. The summed E-state index contributed by atoms with van der Waals surface area (Å²) in [6.45, 7) is 2.14. The maximum Gasteiger partial charge on any atom is 0.240 e. The first kappa shape index (κ1) is 19.2. The Kier molecular flexibility index (Phi) is 5.86. The number of sulfonamides is 1. The Hall–Kier alpha value is -1.61. The van der Waals surface area contributed by atoms with Gasteiger partial charge in [0.25, 0.3) is 0 Å². The van der Waals surface area contributed by atoms with Crippen molar-refractivity contribution in [2.75, 3.05) is 6.54 Å². The fourth-order valence-electron chi connectivity index (χ4n) is 2.40. The number of nitrogens with one attached hydrogen (secondary N) is 1. The molecule has 0 radical (unpaired) electrons. The highest BCUT2D eigenvalue weighted by Gasteiger charge is 2.15. The summed E-state index contributed by atoms with van der Waals surface area (Å²) in [7, 11) is -3.55. The first-order valence-electron chi connectivity index (χ1n) is 7.82. The van der Waals surface area contributed by atoms with Gasteiger partial charge in [-0.3, -0.25) is 0 Å².